The molecule has 1 aromatic carbocycles. The summed E-state index contributed by atoms with van der Waals surface area (Å²) in [6.45, 7) is 7.93. The van der Waals surface area contributed by atoms with Gasteiger partial charge in [0.25, 0.3) is 0 Å². The van der Waals surface area contributed by atoms with Crippen LogP contribution in [0.1, 0.15) is 38.3 Å². The number of benzene rings is 1. The fraction of sp³-hybridized carbons (Fsp3) is 0.684. The zero-order valence-electron chi connectivity index (χ0n) is 15.4. The monoisotopic (exact) mass is 336 g/mol. The Morgan fingerprint density at radius 2 is 1.88 bits per heavy atom. The van der Waals surface area contributed by atoms with Crippen molar-refractivity contribution in [2.75, 3.05) is 40.4 Å². The average Bonchev–Trinajstić information content (AvgIpc) is 2.61. The van der Waals surface area contributed by atoms with Crippen LogP contribution in [0.4, 0.5) is 0 Å². The molecule has 0 aromatic heterocycles. The molecule has 0 bridgehead atoms. The number of methoxy groups -OCH3 is 2. The maximum Gasteiger partial charge on any atom is 0.161 e. The highest BCUT2D eigenvalue weighted by atomic mass is 16.5. The zero-order valence-corrected chi connectivity index (χ0v) is 15.4. The molecule has 136 valence electrons. The summed E-state index contributed by atoms with van der Waals surface area (Å²) in [6.07, 6.45) is 2.13. The second-order valence-electron chi connectivity index (χ2n) is 6.88. The van der Waals surface area contributed by atoms with Gasteiger partial charge in [-0.05, 0) is 56.5 Å². The molecule has 0 spiro atoms. The van der Waals surface area contributed by atoms with Crippen LogP contribution < -0.4 is 14.8 Å². The molecule has 2 N–H and O–H groups in total. The Bertz CT molecular complexity index is 501. The maximum absolute atomic E-state index is 10.3. The predicted octanol–water partition coefficient (Wildman–Crippen LogP) is 2.45. The van der Waals surface area contributed by atoms with Crippen LogP contribution in [0.2, 0.25) is 0 Å². The Morgan fingerprint density at radius 1 is 1.21 bits per heavy atom. The van der Waals surface area contributed by atoms with Gasteiger partial charge in [0, 0.05) is 19.1 Å². The summed E-state index contributed by atoms with van der Waals surface area (Å²) in [5.74, 6) is 2.28. The Morgan fingerprint density at radius 3 is 2.50 bits per heavy atom. The van der Waals surface area contributed by atoms with E-state index >= 15 is 0 Å². The SMILES string of the molecule is COc1ccc(C(C)NCC(O)CN2CCC(C)CC2)cc1OC. The van der Waals surface area contributed by atoms with Gasteiger partial charge in [-0.15, -0.1) is 0 Å². The minimum Gasteiger partial charge on any atom is -0.493 e. The lowest BCUT2D eigenvalue weighted by molar-refractivity contribution is 0.0892. The predicted molar refractivity (Wildman–Crippen MR) is 96.8 cm³/mol. The van der Waals surface area contributed by atoms with Crippen LogP contribution >= 0.6 is 0 Å². The highest BCUT2D eigenvalue weighted by molar-refractivity contribution is 5.43. The first kappa shape index (κ1) is 19.0. The van der Waals surface area contributed by atoms with Crippen molar-refractivity contribution in [3.8, 4) is 11.5 Å². The number of β-amino-alcohol motifs (C(OH)–C–C–N with tert-alkyl or cyclic N) is 1. The lowest BCUT2D eigenvalue weighted by Crippen LogP contribution is -2.42. The first-order chi connectivity index (χ1) is 11.5. The van der Waals surface area contributed by atoms with Crippen molar-refractivity contribution >= 4 is 0 Å². The molecule has 0 aliphatic carbocycles. The largest absolute Gasteiger partial charge is 0.493 e. The molecule has 0 saturated carbocycles. The minimum absolute atomic E-state index is 0.140. The van der Waals surface area contributed by atoms with Gasteiger partial charge in [0.15, 0.2) is 11.5 Å². The van der Waals surface area contributed by atoms with E-state index in [-0.39, 0.29) is 12.1 Å². The van der Waals surface area contributed by atoms with Gasteiger partial charge in [-0.3, -0.25) is 0 Å². The second-order valence-corrected chi connectivity index (χ2v) is 6.88. The molecule has 0 radical (unpaired) electrons. The Balaban J connectivity index is 1.80. The van der Waals surface area contributed by atoms with Crippen molar-refractivity contribution in [3.63, 3.8) is 0 Å². The highest BCUT2D eigenvalue weighted by Gasteiger charge is 2.19. The lowest BCUT2D eigenvalue weighted by atomic mass is 9.99. The van der Waals surface area contributed by atoms with E-state index in [9.17, 15) is 5.11 Å². The molecule has 2 unspecified atom stereocenters. The summed E-state index contributed by atoms with van der Waals surface area (Å²) in [7, 11) is 3.28. The van der Waals surface area contributed by atoms with Crippen molar-refractivity contribution < 1.29 is 14.6 Å². The molecule has 2 rings (SSSR count). The molecule has 1 fully saturated rings. The summed E-state index contributed by atoms with van der Waals surface area (Å²) in [6, 6.07) is 6.06. The molecule has 1 aliphatic rings. The van der Waals surface area contributed by atoms with E-state index in [1.165, 1.54) is 12.8 Å². The van der Waals surface area contributed by atoms with Gasteiger partial charge in [0.05, 0.1) is 20.3 Å². The lowest BCUT2D eigenvalue weighted by Gasteiger charge is -2.32. The van der Waals surface area contributed by atoms with Crippen LogP contribution in [0, 0.1) is 5.92 Å². The number of nitrogens with zero attached hydrogens (tertiary/aromatic N) is 1. The van der Waals surface area contributed by atoms with Gasteiger partial charge in [-0.25, -0.2) is 0 Å². The zero-order chi connectivity index (χ0) is 17.5. The number of hydrogen-bond acceptors (Lipinski definition) is 5. The van der Waals surface area contributed by atoms with Crippen LogP contribution in [0.5, 0.6) is 11.5 Å². The Hall–Kier alpha value is -1.30. The number of piperidine rings is 1. The Kier molecular flexibility index (Phi) is 7.34. The van der Waals surface area contributed by atoms with E-state index in [0.717, 1.165) is 42.6 Å². The molecule has 0 amide bonds. The highest BCUT2D eigenvalue weighted by Crippen LogP contribution is 2.29. The first-order valence-corrected chi connectivity index (χ1v) is 8.89. The summed E-state index contributed by atoms with van der Waals surface area (Å²) in [4.78, 5) is 2.37. The standard InChI is InChI=1S/C19H32N2O3/c1-14-7-9-21(10-8-14)13-17(22)12-20-15(2)16-5-6-18(23-3)19(11-16)24-4/h5-6,11,14-15,17,20,22H,7-10,12-13H2,1-4H3. The second kappa shape index (κ2) is 9.25. The summed E-state index contributed by atoms with van der Waals surface area (Å²) < 4.78 is 10.6. The molecule has 1 heterocycles. The minimum atomic E-state index is -0.346. The smallest absolute Gasteiger partial charge is 0.161 e. The number of aliphatic hydroxyl groups is 1. The van der Waals surface area contributed by atoms with E-state index in [4.69, 9.17) is 9.47 Å². The molecular weight excluding hydrogens is 304 g/mol. The number of hydrogen-bond donors (Lipinski definition) is 2. The van der Waals surface area contributed by atoms with Gasteiger partial charge < -0.3 is 24.8 Å². The van der Waals surface area contributed by atoms with E-state index in [0.29, 0.717) is 6.54 Å². The van der Waals surface area contributed by atoms with E-state index < -0.39 is 0 Å². The van der Waals surface area contributed by atoms with Crippen LogP contribution in [0.3, 0.4) is 0 Å². The molecule has 5 heteroatoms. The van der Waals surface area contributed by atoms with Gasteiger partial charge in [-0.2, -0.15) is 0 Å². The normalized spacial score (nSPS) is 19.0. The third-order valence-electron chi connectivity index (χ3n) is 4.91. The fourth-order valence-electron chi connectivity index (χ4n) is 3.16. The maximum atomic E-state index is 10.3. The first-order valence-electron chi connectivity index (χ1n) is 8.89. The van der Waals surface area contributed by atoms with Gasteiger partial charge in [0.1, 0.15) is 0 Å². The van der Waals surface area contributed by atoms with Crippen LogP contribution in [-0.2, 0) is 0 Å². The molecule has 24 heavy (non-hydrogen) atoms. The number of likely N-dealkylation sites (tertiary alicyclic amines) is 1. The van der Waals surface area contributed by atoms with Crippen molar-refractivity contribution in [1.82, 2.24) is 10.2 Å². The van der Waals surface area contributed by atoms with Gasteiger partial charge in [-0.1, -0.05) is 13.0 Å². The van der Waals surface area contributed by atoms with Crippen molar-refractivity contribution in [3.05, 3.63) is 23.8 Å². The molecular formula is C19H32N2O3. The van der Waals surface area contributed by atoms with Crippen LogP contribution in [0.15, 0.2) is 18.2 Å². The average molecular weight is 336 g/mol. The third-order valence-corrected chi connectivity index (χ3v) is 4.91. The molecule has 1 aliphatic heterocycles. The van der Waals surface area contributed by atoms with E-state index in [1.807, 2.05) is 18.2 Å². The fourth-order valence-corrected chi connectivity index (χ4v) is 3.16. The quantitative estimate of drug-likeness (QED) is 0.764. The molecule has 1 aromatic rings. The summed E-state index contributed by atoms with van der Waals surface area (Å²) >= 11 is 0. The number of nitrogens with one attached hydrogen (secondary N) is 1. The number of rotatable bonds is 8. The van der Waals surface area contributed by atoms with E-state index in [2.05, 4.69) is 24.1 Å². The van der Waals surface area contributed by atoms with Crippen LogP contribution in [0.25, 0.3) is 0 Å². The van der Waals surface area contributed by atoms with Gasteiger partial charge in [0.2, 0.25) is 0 Å². The van der Waals surface area contributed by atoms with Crippen LogP contribution in [-0.4, -0.2) is 56.5 Å². The summed E-state index contributed by atoms with van der Waals surface area (Å²) in [5.41, 5.74) is 1.12. The van der Waals surface area contributed by atoms with Crippen molar-refractivity contribution in [2.24, 2.45) is 5.92 Å². The number of ether oxygens (including phenoxy) is 2. The molecule has 1 saturated heterocycles. The summed E-state index contributed by atoms with van der Waals surface area (Å²) in [5, 5.41) is 13.7. The molecule has 2 atom stereocenters. The van der Waals surface area contributed by atoms with Crippen molar-refractivity contribution in [1.29, 1.82) is 0 Å². The van der Waals surface area contributed by atoms with Crippen molar-refractivity contribution in [2.45, 2.75) is 38.8 Å². The molecule has 5 nitrogen and oxygen atoms in total. The number of aliphatic hydroxyl groups excluding tert-OH is 1. The van der Waals surface area contributed by atoms with Gasteiger partial charge >= 0.3 is 0 Å². The van der Waals surface area contributed by atoms with E-state index in [1.54, 1.807) is 14.2 Å². The third kappa shape index (κ3) is 5.36. The Labute approximate surface area is 146 Å². The topological polar surface area (TPSA) is 54.0 Å².